The minimum absolute atomic E-state index is 0.146. The fourth-order valence-electron chi connectivity index (χ4n) is 1.32. The summed E-state index contributed by atoms with van der Waals surface area (Å²) in [7, 11) is 0. The van der Waals surface area contributed by atoms with Crippen LogP contribution in [0, 0.1) is 6.92 Å². The Morgan fingerprint density at radius 2 is 1.85 bits per heavy atom. The summed E-state index contributed by atoms with van der Waals surface area (Å²) in [5, 5.41) is 0. The highest BCUT2D eigenvalue weighted by Crippen LogP contribution is 2.15. The minimum Gasteiger partial charge on any atom is -0.310 e. The van der Waals surface area contributed by atoms with Gasteiger partial charge in [0, 0.05) is 18.7 Å². The molecule has 1 aromatic rings. The molecule has 0 fully saturated rings. The Morgan fingerprint density at radius 3 is 2.23 bits per heavy atom. The van der Waals surface area contributed by atoms with Crippen molar-refractivity contribution >= 4 is 11.6 Å². The molecule has 0 unspecified atom stereocenters. The van der Waals surface area contributed by atoms with E-state index in [0.717, 1.165) is 5.69 Å². The van der Waals surface area contributed by atoms with Crippen LogP contribution in [0.25, 0.3) is 0 Å². The number of rotatable bonds is 2. The number of nitrogens with zero attached hydrogens (tertiary/aromatic N) is 1. The molecule has 0 atom stereocenters. The van der Waals surface area contributed by atoms with E-state index in [0.29, 0.717) is 0 Å². The van der Waals surface area contributed by atoms with Crippen molar-refractivity contribution in [1.82, 2.24) is 0 Å². The largest absolute Gasteiger partial charge is 0.310 e. The van der Waals surface area contributed by atoms with E-state index in [-0.39, 0.29) is 11.9 Å². The van der Waals surface area contributed by atoms with Crippen molar-refractivity contribution in [2.24, 2.45) is 0 Å². The molecule has 0 N–H and O–H groups in total. The Balaban J connectivity index is 2.96. The SMILES string of the molecule is [CH2]C(=O)N(c1ccccc1)C(C)C. The number of hydrogen-bond donors (Lipinski definition) is 0. The van der Waals surface area contributed by atoms with Crippen LogP contribution in [0.3, 0.4) is 0 Å². The lowest BCUT2D eigenvalue weighted by atomic mass is 10.2. The second-order valence-electron chi connectivity index (χ2n) is 3.19. The maximum Gasteiger partial charge on any atom is 0.227 e. The van der Waals surface area contributed by atoms with Gasteiger partial charge >= 0.3 is 0 Å². The van der Waals surface area contributed by atoms with Crippen LogP contribution in [-0.2, 0) is 4.79 Å². The molecule has 1 aromatic carbocycles. The summed E-state index contributed by atoms with van der Waals surface area (Å²) >= 11 is 0. The number of para-hydroxylation sites is 1. The molecule has 0 bridgehead atoms. The monoisotopic (exact) mass is 176 g/mol. The van der Waals surface area contributed by atoms with Gasteiger partial charge in [-0.1, -0.05) is 18.2 Å². The number of carbonyl (C=O) groups excluding carboxylic acids is 1. The molecule has 1 radical (unpaired) electrons. The van der Waals surface area contributed by atoms with Crippen LogP contribution in [0.1, 0.15) is 13.8 Å². The zero-order chi connectivity index (χ0) is 9.84. The van der Waals surface area contributed by atoms with E-state index >= 15 is 0 Å². The van der Waals surface area contributed by atoms with Crippen molar-refractivity contribution in [1.29, 1.82) is 0 Å². The molecule has 69 valence electrons. The molecule has 0 aliphatic rings. The number of amides is 1. The van der Waals surface area contributed by atoms with Crippen LogP contribution in [0.2, 0.25) is 0 Å². The van der Waals surface area contributed by atoms with Crippen LogP contribution in [-0.4, -0.2) is 11.9 Å². The van der Waals surface area contributed by atoms with Crippen molar-refractivity contribution in [2.45, 2.75) is 19.9 Å². The van der Waals surface area contributed by atoms with E-state index < -0.39 is 0 Å². The molecule has 0 heterocycles. The van der Waals surface area contributed by atoms with Gasteiger partial charge in [0.25, 0.3) is 0 Å². The van der Waals surface area contributed by atoms with Crippen molar-refractivity contribution in [3.05, 3.63) is 37.3 Å². The van der Waals surface area contributed by atoms with Crippen LogP contribution in [0.15, 0.2) is 30.3 Å². The van der Waals surface area contributed by atoms with Gasteiger partial charge in [-0.3, -0.25) is 4.79 Å². The van der Waals surface area contributed by atoms with Gasteiger partial charge in [-0.2, -0.15) is 0 Å². The van der Waals surface area contributed by atoms with E-state index in [2.05, 4.69) is 6.92 Å². The first kappa shape index (κ1) is 9.78. The summed E-state index contributed by atoms with van der Waals surface area (Å²) in [6, 6.07) is 9.70. The molecule has 2 nitrogen and oxygen atoms in total. The van der Waals surface area contributed by atoms with E-state index in [1.54, 1.807) is 4.90 Å². The molecule has 1 rings (SSSR count). The van der Waals surface area contributed by atoms with Crippen molar-refractivity contribution in [3.63, 3.8) is 0 Å². The zero-order valence-corrected chi connectivity index (χ0v) is 8.03. The minimum atomic E-state index is -0.166. The summed E-state index contributed by atoms with van der Waals surface area (Å²) in [5.74, 6) is -0.166. The van der Waals surface area contributed by atoms with Crippen LogP contribution in [0.4, 0.5) is 5.69 Å². The average Bonchev–Trinajstić information content (AvgIpc) is 2.04. The number of hydrogen-bond acceptors (Lipinski definition) is 1. The van der Waals surface area contributed by atoms with E-state index in [1.807, 2.05) is 44.2 Å². The van der Waals surface area contributed by atoms with Gasteiger partial charge in [-0.15, -0.1) is 0 Å². The van der Waals surface area contributed by atoms with Gasteiger partial charge in [0.05, 0.1) is 0 Å². The highest BCUT2D eigenvalue weighted by molar-refractivity contribution is 5.96. The van der Waals surface area contributed by atoms with Gasteiger partial charge < -0.3 is 4.90 Å². The van der Waals surface area contributed by atoms with E-state index in [1.165, 1.54) is 0 Å². The Kier molecular flexibility index (Phi) is 3.07. The molecule has 0 aliphatic heterocycles. The first-order valence-corrected chi connectivity index (χ1v) is 4.33. The topological polar surface area (TPSA) is 20.3 Å². The quantitative estimate of drug-likeness (QED) is 0.676. The van der Waals surface area contributed by atoms with E-state index in [9.17, 15) is 4.79 Å². The molecule has 0 saturated carbocycles. The molecule has 0 aromatic heterocycles. The third-order valence-corrected chi connectivity index (χ3v) is 1.82. The Hall–Kier alpha value is -1.31. The van der Waals surface area contributed by atoms with Crippen molar-refractivity contribution in [3.8, 4) is 0 Å². The Labute approximate surface area is 79.2 Å². The van der Waals surface area contributed by atoms with Gasteiger partial charge in [0.1, 0.15) is 0 Å². The average molecular weight is 176 g/mol. The first-order valence-electron chi connectivity index (χ1n) is 4.33. The summed E-state index contributed by atoms with van der Waals surface area (Å²) in [6.45, 7) is 7.36. The van der Waals surface area contributed by atoms with Crippen molar-refractivity contribution in [2.75, 3.05) is 4.90 Å². The summed E-state index contributed by atoms with van der Waals surface area (Å²) in [6.07, 6.45) is 0. The number of carbonyl (C=O) groups is 1. The molecule has 0 spiro atoms. The fourth-order valence-corrected chi connectivity index (χ4v) is 1.32. The number of benzene rings is 1. The lowest BCUT2D eigenvalue weighted by Crippen LogP contribution is -2.35. The van der Waals surface area contributed by atoms with Gasteiger partial charge in [-0.25, -0.2) is 0 Å². The van der Waals surface area contributed by atoms with Gasteiger partial charge in [0.15, 0.2) is 0 Å². The second-order valence-corrected chi connectivity index (χ2v) is 3.19. The van der Waals surface area contributed by atoms with Crippen LogP contribution in [0.5, 0.6) is 0 Å². The Bertz CT molecular complexity index is 279. The summed E-state index contributed by atoms with van der Waals surface area (Å²) in [5.41, 5.74) is 0.900. The molecule has 13 heavy (non-hydrogen) atoms. The highest BCUT2D eigenvalue weighted by atomic mass is 16.2. The maximum absolute atomic E-state index is 11.2. The van der Waals surface area contributed by atoms with Crippen LogP contribution < -0.4 is 4.90 Å². The summed E-state index contributed by atoms with van der Waals surface area (Å²) < 4.78 is 0. The second kappa shape index (κ2) is 4.08. The smallest absolute Gasteiger partial charge is 0.227 e. The summed E-state index contributed by atoms with van der Waals surface area (Å²) in [4.78, 5) is 12.9. The Morgan fingerprint density at radius 1 is 1.31 bits per heavy atom. The molecule has 0 saturated heterocycles. The number of anilines is 1. The predicted octanol–water partition coefficient (Wildman–Crippen LogP) is 2.26. The van der Waals surface area contributed by atoms with Gasteiger partial charge in [0.2, 0.25) is 5.91 Å². The molecular formula is C11H14NO. The molecule has 0 aliphatic carbocycles. The third kappa shape index (κ3) is 2.31. The fraction of sp³-hybridized carbons (Fsp3) is 0.273. The third-order valence-electron chi connectivity index (χ3n) is 1.82. The zero-order valence-electron chi connectivity index (χ0n) is 8.03. The van der Waals surface area contributed by atoms with E-state index in [4.69, 9.17) is 0 Å². The lowest BCUT2D eigenvalue weighted by molar-refractivity contribution is -0.114. The van der Waals surface area contributed by atoms with Crippen LogP contribution >= 0.6 is 0 Å². The lowest BCUT2D eigenvalue weighted by Gasteiger charge is -2.25. The molecule has 1 amide bonds. The first-order chi connectivity index (χ1) is 6.13. The van der Waals surface area contributed by atoms with Crippen molar-refractivity contribution < 1.29 is 4.79 Å². The standard InChI is InChI=1S/C11H14NO/c1-9(2)12(10(3)13)11-7-5-4-6-8-11/h4-9H,3H2,1-2H3. The predicted molar refractivity (Wildman–Crippen MR) is 54.4 cm³/mol. The molecule has 2 heteroatoms. The maximum atomic E-state index is 11.2. The normalized spacial score (nSPS) is 10.2. The van der Waals surface area contributed by atoms with Gasteiger partial charge in [-0.05, 0) is 26.0 Å². The molecular weight excluding hydrogens is 162 g/mol. The highest BCUT2D eigenvalue weighted by Gasteiger charge is 2.13.